The topological polar surface area (TPSA) is 159 Å². The SMILES string of the molecule is COc1cccc2[nH]c(C(=O)N[C@@H](CC(C)C)C(=O)N[C@@H](C[C@@H]3CCNC3=O)C(=O)COC(=O)N3CCCCC3)cc12. The first-order valence-corrected chi connectivity index (χ1v) is 14.6. The van der Waals surface area contributed by atoms with Crippen molar-refractivity contribution >= 4 is 40.5 Å². The fraction of sp³-hybridized carbons (Fsp3) is 0.567. The first-order chi connectivity index (χ1) is 20.2. The van der Waals surface area contributed by atoms with Crippen molar-refractivity contribution in [3.8, 4) is 5.75 Å². The number of carbonyl (C=O) groups is 5. The Bertz CT molecular complexity index is 1300. The van der Waals surface area contributed by atoms with E-state index in [1.54, 1.807) is 30.2 Å². The summed E-state index contributed by atoms with van der Waals surface area (Å²) in [5, 5.41) is 9.03. The molecule has 0 aliphatic carbocycles. The zero-order valence-electron chi connectivity index (χ0n) is 24.5. The average molecular weight is 584 g/mol. The average Bonchev–Trinajstić information content (AvgIpc) is 3.61. The van der Waals surface area contributed by atoms with E-state index in [4.69, 9.17) is 9.47 Å². The van der Waals surface area contributed by atoms with Crippen molar-refractivity contribution in [2.24, 2.45) is 11.8 Å². The number of hydrogen-bond donors (Lipinski definition) is 4. The van der Waals surface area contributed by atoms with E-state index < -0.39 is 48.3 Å². The zero-order chi connectivity index (χ0) is 30.2. The van der Waals surface area contributed by atoms with Gasteiger partial charge in [0.1, 0.15) is 17.5 Å². The fourth-order valence-corrected chi connectivity index (χ4v) is 5.47. The highest BCUT2D eigenvalue weighted by molar-refractivity contribution is 6.02. The number of fused-ring (bicyclic) bond motifs is 1. The van der Waals surface area contributed by atoms with Crippen LogP contribution in [-0.2, 0) is 19.1 Å². The zero-order valence-corrected chi connectivity index (χ0v) is 24.5. The van der Waals surface area contributed by atoms with E-state index in [2.05, 4.69) is 20.9 Å². The van der Waals surface area contributed by atoms with E-state index in [0.717, 1.165) is 24.6 Å². The molecule has 2 saturated heterocycles. The van der Waals surface area contributed by atoms with Crippen LogP contribution in [0.1, 0.15) is 62.9 Å². The van der Waals surface area contributed by atoms with Crippen LogP contribution in [0.4, 0.5) is 4.79 Å². The summed E-state index contributed by atoms with van der Waals surface area (Å²) in [5.41, 5.74) is 0.972. The molecular formula is C30H41N5O7. The van der Waals surface area contributed by atoms with Crippen LogP contribution in [0.2, 0.25) is 0 Å². The van der Waals surface area contributed by atoms with E-state index in [-0.39, 0.29) is 23.9 Å². The molecule has 2 aliphatic heterocycles. The van der Waals surface area contributed by atoms with E-state index in [1.807, 2.05) is 19.9 Å². The van der Waals surface area contributed by atoms with Crippen LogP contribution in [-0.4, -0.2) is 84.9 Å². The lowest BCUT2D eigenvalue weighted by Crippen LogP contribution is -2.53. The Morgan fingerprint density at radius 1 is 1.07 bits per heavy atom. The van der Waals surface area contributed by atoms with Gasteiger partial charge < -0.3 is 35.3 Å². The van der Waals surface area contributed by atoms with Crippen molar-refractivity contribution in [1.82, 2.24) is 25.8 Å². The minimum atomic E-state index is -1.07. The van der Waals surface area contributed by atoms with Gasteiger partial charge in [-0.05, 0) is 62.6 Å². The van der Waals surface area contributed by atoms with Gasteiger partial charge in [0, 0.05) is 36.5 Å². The number of methoxy groups -OCH3 is 1. The standard InChI is InChI=1S/C30H41N5O7/c1-18(2)14-23(34-29(39)24-16-20-21(32-24)8-7-9-26(20)41-3)28(38)33-22(15-19-10-11-31-27(19)37)25(36)17-42-30(40)35-12-5-4-6-13-35/h7-9,16,18-19,22-23,32H,4-6,10-15,17H2,1-3H3,(H,31,37)(H,33,38)(H,34,39)/t19-,22-,23-/m0/s1. The first-order valence-electron chi connectivity index (χ1n) is 14.6. The monoisotopic (exact) mass is 583 g/mol. The van der Waals surface area contributed by atoms with E-state index in [9.17, 15) is 24.0 Å². The van der Waals surface area contributed by atoms with Gasteiger partial charge in [0.2, 0.25) is 11.8 Å². The van der Waals surface area contributed by atoms with Crippen molar-refractivity contribution in [3.05, 3.63) is 30.0 Å². The molecule has 1 aromatic carbocycles. The van der Waals surface area contributed by atoms with Gasteiger partial charge in [-0.3, -0.25) is 19.2 Å². The summed E-state index contributed by atoms with van der Waals surface area (Å²) in [6.45, 7) is 4.97. The Balaban J connectivity index is 1.46. The van der Waals surface area contributed by atoms with Gasteiger partial charge in [0.15, 0.2) is 12.4 Å². The fourth-order valence-electron chi connectivity index (χ4n) is 5.47. The normalized spacial score (nSPS) is 18.3. The maximum atomic E-state index is 13.5. The van der Waals surface area contributed by atoms with Crippen LogP contribution < -0.4 is 20.7 Å². The second-order valence-electron chi connectivity index (χ2n) is 11.4. The molecule has 12 nitrogen and oxygen atoms in total. The number of aromatic nitrogens is 1. The van der Waals surface area contributed by atoms with Crippen molar-refractivity contribution in [2.75, 3.05) is 33.4 Å². The molecule has 42 heavy (non-hydrogen) atoms. The molecule has 0 radical (unpaired) electrons. The van der Waals surface area contributed by atoms with Crippen molar-refractivity contribution in [3.63, 3.8) is 0 Å². The quantitative estimate of drug-likeness (QED) is 0.299. The van der Waals surface area contributed by atoms with Gasteiger partial charge in [-0.15, -0.1) is 0 Å². The highest BCUT2D eigenvalue weighted by Gasteiger charge is 2.34. The minimum absolute atomic E-state index is 0.0455. The number of H-pyrrole nitrogens is 1. The second-order valence-corrected chi connectivity index (χ2v) is 11.4. The molecule has 2 fully saturated rings. The molecule has 3 atom stereocenters. The number of amides is 4. The molecule has 1 aromatic heterocycles. The van der Waals surface area contributed by atoms with Crippen LogP contribution in [0, 0.1) is 11.8 Å². The van der Waals surface area contributed by atoms with Crippen molar-refractivity contribution in [2.45, 2.75) is 64.5 Å². The van der Waals surface area contributed by atoms with Gasteiger partial charge in [0.25, 0.3) is 5.91 Å². The molecule has 4 amide bonds. The molecule has 4 rings (SSSR count). The van der Waals surface area contributed by atoms with E-state index in [0.29, 0.717) is 43.7 Å². The molecule has 0 spiro atoms. The van der Waals surface area contributed by atoms with Gasteiger partial charge in [-0.2, -0.15) is 0 Å². The summed E-state index contributed by atoms with van der Waals surface area (Å²) in [7, 11) is 1.55. The summed E-state index contributed by atoms with van der Waals surface area (Å²) in [4.78, 5) is 69.4. The van der Waals surface area contributed by atoms with E-state index in [1.165, 1.54) is 0 Å². The first kappa shape index (κ1) is 30.9. The Morgan fingerprint density at radius 3 is 2.50 bits per heavy atom. The summed E-state index contributed by atoms with van der Waals surface area (Å²) >= 11 is 0. The van der Waals surface area contributed by atoms with Crippen LogP contribution in [0.25, 0.3) is 10.9 Å². The highest BCUT2D eigenvalue weighted by Crippen LogP contribution is 2.26. The number of ketones is 1. The van der Waals surface area contributed by atoms with E-state index >= 15 is 0 Å². The molecule has 12 heteroatoms. The van der Waals surface area contributed by atoms with Crippen LogP contribution in [0.15, 0.2) is 24.3 Å². The van der Waals surface area contributed by atoms with Crippen LogP contribution in [0.5, 0.6) is 5.75 Å². The van der Waals surface area contributed by atoms with Gasteiger partial charge >= 0.3 is 6.09 Å². The number of ether oxygens (including phenoxy) is 2. The predicted molar refractivity (Wildman–Crippen MR) is 155 cm³/mol. The number of likely N-dealkylation sites (tertiary alicyclic amines) is 1. The molecule has 0 bridgehead atoms. The summed E-state index contributed by atoms with van der Waals surface area (Å²) in [6.07, 6.45) is 3.16. The number of nitrogens with zero attached hydrogens (tertiary/aromatic N) is 1. The number of carbonyl (C=O) groups excluding carboxylic acids is 5. The lowest BCUT2D eigenvalue weighted by atomic mass is 9.95. The third-order valence-corrected chi connectivity index (χ3v) is 7.76. The molecule has 4 N–H and O–H groups in total. The Labute approximate surface area is 245 Å². The van der Waals surface area contributed by atoms with Gasteiger partial charge in [-0.1, -0.05) is 19.9 Å². The minimum Gasteiger partial charge on any atom is -0.496 e. The third kappa shape index (κ3) is 7.80. The number of aromatic amines is 1. The number of benzene rings is 1. The van der Waals surface area contributed by atoms with Crippen molar-refractivity contribution < 1.29 is 33.4 Å². The highest BCUT2D eigenvalue weighted by atomic mass is 16.6. The van der Waals surface area contributed by atoms with Gasteiger partial charge in [0.05, 0.1) is 13.2 Å². The Kier molecular flexibility index (Phi) is 10.4. The molecule has 0 unspecified atom stereocenters. The maximum absolute atomic E-state index is 13.5. The molecule has 3 heterocycles. The summed E-state index contributed by atoms with van der Waals surface area (Å²) in [6, 6.07) is 5.06. The third-order valence-electron chi connectivity index (χ3n) is 7.76. The number of rotatable bonds is 12. The summed E-state index contributed by atoms with van der Waals surface area (Å²) in [5.74, 6) is -1.54. The molecule has 228 valence electrons. The largest absolute Gasteiger partial charge is 0.496 e. The maximum Gasteiger partial charge on any atom is 0.410 e. The predicted octanol–water partition coefficient (Wildman–Crippen LogP) is 2.52. The molecular weight excluding hydrogens is 542 g/mol. The number of Topliss-reactive ketones (excluding diaryl/α,β-unsaturated/α-hetero) is 1. The Hall–Kier alpha value is -4.09. The van der Waals surface area contributed by atoms with Crippen LogP contribution >= 0.6 is 0 Å². The van der Waals surface area contributed by atoms with Crippen LogP contribution in [0.3, 0.4) is 0 Å². The van der Waals surface area contributed by atoms with Crippen molar-refractivity contribution in [1.29, 1.82) is 0 Å². The second kappa shape index (κ2) is 14.2. The number of nitrogens with one attached hydrogen (secondary N) is 4. The summed E-state index contributed by atoms with van der Waals surface area (Å²) < 4.78 is 10.7. The molecule has 2 aliphatic rings. The Morgan fingerprint density at radius 2 is 1.83 bits per heavy atom. The lowest BCUT2D eigenvalue weighted by Gasteiger charge is -2.27. The number of piperidine rings is 1. The van der Waals surface area contributed by atoms with Gasteiger partial charge in [-0.25, -0.2) is 4.79 Å². The lowest BCUT2D eigenvalue weighted by molar-refractivity contribution is -0.132. The molecule has 0 saturated carbocycles. The molecule has 2 aromatic rings. The smallest absolute Gasteiger partial charge is 0.410 e. The number of hydrogen-bond acceptors (Lipinski definition) is 7.